The first-order valence-corrected chi connectivity index (χ1v) is 10.9. The van der Waals surface area contributed by atoms with E-state index >= 15 is 0 Å². The van der Waals surface area contributed by atoms with Gasteiger partial charge in [-0.05, 0) is 41.8 Å². The number of phenolic OH excluding ortho intramolecular Hbond substituents is 2. The first-order valence-electron chi connectivity index (χ1n) is 9.23. The molecule has 0 aliphatic carbocycles. The molecule has 3 aromatic carbocycles. The summed E-state index contributed by atoms with van der Waals surface area (Å²) < 4.78 is 28.9. The third-order valence-electron chi connectivity index (χ3n) is 4.73. The Morgan fingerprint density at radius 1 is 1.03 bits per heavy atom. The number of phenols is 2. The van der Waals surface area contributed by atoms with Crippen molar-refractivity contribution in [2.45, 2.75) is 11.8 Å². The molecule has 0 saturated heterocycles. The Morgan fingerprint density at radius 3 is 2.39 bits per heavy atom. The number of azo groups is 1. The van der Waals surface area contributed by atoms with Crippen molar-refractivity contribution < 1.29 is 28.2 Å². The van der Waals surface area contributed by atoms with Crippen molar-refractivity contribution in [3.05, 3.63) is 48.5 Å². The van der Waals surface area contributed by atoms with Crippen LogP contribution in [0, 0.1) is 0 Å². The smallest absolute Gasteiger partial charge is 0.413 e. The van der Waals surface area contributed by atoms with Gasteiger partial charge in [0.25, 0.3) is 0 Å². The van der Waals surface area contributed by atoms with Gasteiger partial charge in [-0.1, -0.05) is 19.1 Å². The maximum Gasteiger partial charge on any atom is 0.413 e. The van der Waals surface area contributed by atoms with Gasteiger partial charge >= 0.3 is 6.09 Å². The zero-order valence-corrected chi connectivity index (χ0v) is 17.9. The van der Waals surface area contributed by atoms with Crippen LogP contribution in [-0.4, -0.2) is 44.6 Å². The number of nitrogens with zero attached hydrogens (tertiary/aromatic N) is 3. The fourth-order valence-electron chi connectivity index (χ4n) is 2.88. The molecule has 2 N–H and O–H groups in total. The zero-order valence-electron chi connectivity index (χ0n) is 17.1. The standard InChI is InChI=1S/C21H21N3O6S/c1-4-31(28,29)15-8-10-18(25)17(12-15)22-23-20-16-11-14(24(2)21(27)30-3)7-5-13(16)6-9-19(20)26/h5-12,25-26H,4H2,1-3H3. The first-order chi connectivity index (χ1) is 14.7. The molecule has 0 bridgehead atoms. The summed E-state index contributed by atoms with van der Waals surface area (Å²) in [7, 11) is -0.696. The van der Waals surface area contributed by atoms with Crippen LogP contribution >= 0.6 is 0 Å². The van der Waals surface area contributed by atoms with Crippen LogP contribution in [0.3, 0.4) is 0 Å². The van der Waals surface area contributed by atoms with E-state index in [0.29, 0.717) is 11.1 Å². The van der Waals surface area contributed by atoms with Crippen molar-refractivity contribution >= 4 is 43.8 Å². The molecule has 0 aromatic heterocycles. The van der Waals surface area contributed by atoms with Gasteiger partial charge in [0.05, 0.1) is 17.8 Å². The van der Waals surface area contributed by atoms with Crippen molar-refractivity contribution in [3.63, 3.8) is 0 Å². The first kappa shape index (κ1) is 22.0. The lowest BCUT2D eigenvalue weighted by molar-refractivity contribution is 0.180. The lowest BCUT2D eigenvalue weighted by atomic mass is 10.1. The predicted molar refractivity (Wildman–Crippen MR) is 116 cm³/mol. The van der Waals surface area contributed by atoms with Crippen LogP contribution in [0.1, 0.15) is 6.92 Å². The second-order valence-electron chi connectivity index (χ2n) is 6.62. The highest BCUT2D eigenvalue weighted by Gasteiger charge is 2.16. The number of rotatable bonds is 5. The van der Waals surface area contributed by atoms with Crippen LogP contribution < -0.4 is 4.90 Å². The summed E-state index contributed by atoms with van der Waals surface area (Å²) >= 11 is 0. The molecular formula is C21H21N3O6S. The number of carbonyl (C=O) groups is 1. The summed E-state index contributed by atoms with van der Waals surface area (Å²) in [5, 5.41) is 29.7. The van der Waals surface area contributed by atoms with E-state index in [1.54, 1.807) is 24.3 Å². The summed E-state index contributed by atoms with van der Waals surface area (Å²) in [5.74, 6) is -0.537. The zero-order chi connectivity index (χ0) is 22.8. The topological polar surface area (TPSA) is 129 Å². The van der Waals surface area contributed by atoms with Gasteiger partial charge in [-0.2, -0.15) is 0 Å². The van der Waals surface area contributed by atoms with Crippen molar-refractivity contribution in [3.8, 4) is 11.5 Å². The number of methoxy groups -OCH3 is 1. The molecule has 0 radical (unpaired) electrons. The van der Waals surface area contributed by atoms with Crippen LogP contribution in [0.25, 0.3) is 10.8 Å². The molecule has 162 valence electrons. The number of aromatic hydroxyl groups is 2. The van der Waals surface area contributed by atoms with E-state index < -0.39 is 15.9 Å². The van der Waals surface area contributed by atoms with Gasteiger partial charge in [0, 0.05) is 18.1 Å². The average molecular weight is 443 g/mol. The Morgan fingerprint density at radius 2 is 1.71 bits per heavy atom. The maximum absolute atomic E-state index is 12.1. The number of hydrogen-bond donors (Lipinski definition) is 2. The highest BCUT2D eigenvalue weighted by molar-refractivity contribution is 7.91. The van der Waals surface area contributed by atoms with E-state index in [0.717, 1.165) is 5.39 Å². The Labute approximate surface area is 179 Å². The van der Waals surface area contributed by atoms with E-state index in [-0.39, 0.29) is 33.5 Å². The number of carbonyl (C=O) groups excluding carboxylic acids is 1. The van der Waals surface area contributed by atoms with Gasteiger partial charge in [-0.25, -0.2) is 13.2 Å². The van der Waals surface area contributed by atoms with Gasteiger partial charge in [0.2, 0.25) is 0 Å². The minimum atomic E-state index is -3.50. The Hall–Kier alpha value is -3.66. The number of anilines is 1. The van der Waals surface area contributed by atoms with Crippen molar-refractivity contribution in [1.29, 1.82) is 0 Å². The molecule has 0 atom stereocenters. The van der Waals surface area contributed by atoms with E-state index in [1.807, 2.05) is 0 Å². The number of sulfone groups is 1. The molecule has 0 unspecified atom stereocenters. The molecule has 10 heteroatoms. The minimum absolute atomic E-state index is 0.00545. The van der Waals surface area contributed by atoms with Crippen LogP contribution in [0.5, 0.6) is 11.5 Å². The fourth-order valence-corrected chi connectivity index (χ4v) is 3.78. The molecule has 9 nitrogen and oxygen atoms in total. The highest BCUT2D eigenvalue weighted by atomic mass is 32.2. The van der Waals surface area contributed by atoms with Crippen molar-refractivity contribution in [2.24, 2.45) is 10.2 Å². The fraction of sp³-hybridized carbons (Fsp3) is 0.190. The summed E-state index contributed by atoms with van der Waals surface area (Å²) in [5.41, 5.74) is 0.537. The number of benzene rings is 3. The van der Waals surface area contributed by atoms with Gasteiger partial charge in [0.1, 0.15) is 22.9 Å². The van der Waals surface area contributed by atoms with Crippen LogP contribution in [0.15, 0.2) is 63.7 Å². The minimum Gasteiger partial charge on any atom is -0.506 e. The summed E-state index contributed by atoms with van der Waals surface area (Å²) in [4.78, 5) is 13.1. The van der Waals surface area contributed by atoms with Crippen molar-refractivity contribution in [2.75, 3.05) is 24.8 Å². The molecule has 0 fully saturated rings. The number of hydrogen-bond acceptors (Lipinski definition) is 8. The largest absolute Gasteiger partial charge is 0.506 e. The van der Waals surface area contributed by atoms with Crippen molar-refractivity contribution in [1.82, 2.24) is 0 Å². The van der Waals surface area contributed by atoms with Crippen LogP contribution in [-0.2, 0) is 14.6 Å². The normalized spacial score (nSPS) is 11.7. The van der Waals surface area contributed by atoms with E-state index in [4.69, 9.17) is 4.74 Å². The van der Waals surface area contributed by atoms with E-state index in [2.05, 4.69) is 10.2 Å². The molecule has 3 rings (SSSR count). The van der Waals surface area contributed by atoms with Crippen LogP contribution in [0.4, 0.5) is 21.9 Å². The molecule has 3 aromatic rings. The lowest BCUT2D eigenvalue weighted by Crippen LogP contribution is -2.25. The molecular weight excluding hydrogens is 422 g/mol. The third kappa shape index (κ3) is 4.43. The summed E-state index contributed by atoms with van der Waals surface area (Å²) in [6, 6.07) is 11.9. The van der Waals surface area contributed by atoms with Gasteiger partial charge < -0.3 is 14.9 Å². The quantitative estimate of drug-likeness (QED) is 0.552. The third-order valence-corrected chi connectivity index (χ3v) is 6.47. The SMILES string of the molecule is CCS(=O)(=O)c1ccc(O)c(N=Nc2c(O)ccc3ccc(N(C)C(=O)OC)cc23)c1. The maximum atomic E-state index is 12.1. The molecule has 0 heterocycles. The summed E-state index contributed by atoms with van der Waals surface area (Å²) in [6.07, 6.45) is -0.568. The lowest BCUT2D eigenvalue weighted by Gasteiger charge is -2.16. The second-order valence-corrected chi connectivity index (χ2v) is 8.90. The van der Waals surface area contributed by atoms with E-state index in [1.165, 1.54) is 50.2 Å². The summed E-state index contributed by atoms with van der Waals surface area (Å²) in [6.45, 7) is 1.51. The second kappa shape index (κ2) is 8.60. The van der Waals surface area contributed by atoms with Crippen LogP contribution in [0.2, 0.25) is 0 Å². The molecule has 31 heavy (non-hydrogen) atoms. The van der Waals surface area contributed by atoms with E-state index in [9.17, 15) is 23.4 Å². The van der Waals surface area contributed by atoms with Gasteiger partial charge in [0.15, 0.2) is 9.84 Å². The number of ether oxygens (including phenoxy) is 1. The molecule has 0 aliphatic heterocycles. The predicted octanol–water partition coefficient (Wildman–Crippen LogP) is 4.66. The molecule has 1 amide bonds. The van der Waals surface area contributed by atoms with Gasteiger partial charge in [-0.3, -0.25) is 4.90 Å². The Kier molecular flexibility index (Phi) is 6.11. The molecule has 0 spiro atoms. The highest BCUT2D eigenvalue weighted by Crippen LogP contribution is 2.39. The average Bonchev–Trinajstić information content (AvgIpc) is 2.77. The Balaban J connectivity index is 2.11. The monoisotopic (exact) mass is 443 g/mol. The molecule has 0 aliphatic rings. The van der Waals surface area contributed by atoms with Gasteiger partial charge in [-0.15, -0.1) is 10.2 Å². The number of amides is 1. The Bertz CT molecular complexity index is 1290. The number of fused-ring (bicyclic) bond motifs is 1. The molecule has 0 saturated carbocycles.